The third-order valence-electron chi connectivity index (χ3n) is 6.26. The molecule has 7 nitrogen and oxygen atoms in total. The average molecular weight is 542 g/mol. The van der Waals surface area contributed by atoms with E-state index in [0.717, 1.165) is 49.1 Å². The van der Waals surface area contributed by atoms with E-state index in [1.807, 2.05) is 50.2 Å². The Kier molecular flexibility index (Phi) is 8.59. The van der Waals surface area contributed by atoms with Crippen LogP contribution in [0.15, 0.2) is 58.3 Å². The molecule has 2 aromatic rings. The molecule has 0 aromatic heterocycles. The van der Waals surface area contributed by atoms with E-state index < -0.39 is 0 Å². The molecule has 0 atom stereocenters. The summed E-state index contributed by atoms with van der Waals surface area (Å²) >= 11 is 3.40. The SMILES string of the molecule is CC(C)=C1Oc2cccc(OCCNCCN3CCC(NC(=O)c4ccc(Br)cc4)CC3)c2C1=O. The van der Waals surface area contributed by atoms with Gasteiger partial charge in [0.1, 0.15) is 23.7 Å². The highest BCUT2D eigenvalue weighted by atomic mass is 79.9. The van der Waals surface area contributed by atoms with Crippen molar-refractivity contribution in [3.8, 4) is 11.5 Å². The zero-order valence-corrected chi connectivity index (χ0v) is 21.8. The summed E-state index contributed by atoms with van der Waals surface area (Å²) in [4.78, 5) is 27.5. The first-order chi connectivity index (χ1) is 16.9. The fourth-order valence-corrected chi connectivity index (χ4v) is 4.57. The Bertz CT molecular complexity index is 1090. The first-order valence-corrected chi connectivity index (χ1v) is 12.9. The first-order valence-electron chi connectivity index (χ1n) is 12.1. The quantitative estimate of drug-likeness (QED) is 0.366. The zero-order valence-electron chi connectivity index (χ0n) is 20.2. The van der Waals surface area contributed by atoms with Crippen LogP contribution in [0.3, 0.4) is 0 Å². The van der Waals surface area contributed by atoms with E-state index in [1.54, 1.807) is 6.07 Å². The molecule has 0 aliphatic carbocycles. The smallest absolute Gasteiger partial charge is 0.251 e. The van der Waals surface area contributed by atoms with Crippen LogP contribution in [0, 0.1) is 0 Å². The van der Waals surface area contributed by atoms with Gasteiger partial charge >= 0.3 is 0 Å². The molecular weight excluding hydrogens is 510 g/mol. The Hall–Kier alpha value is -2.68. The summed E-state index contributed by atoms with van der Waals surface area (Å²) in [5, 5.41) is 6.57. The summed E-state index contributed by atoms with van der Waals surface area (Å²) in [6.45, 7) is 8.63. The molecule has 2 aliphatic heterocycles. The second kappa shape index (κ2) is 11.8. The molecule has 1 amide bonds. The zero-order chi connectivity index (χ0) is 24.8. The van der Waals surface area contributed by atoms with E-state index in [4.69, 9.17) is 9.47 Å². The molecule has 0 spiro atoms. The number of hydrogen-bond acceptors (Lipinski definition) is 6. The van der Waals surface area contributed by atoms with Crippen LogP contribution in [0.1, 0.15) is 47.4 Å². The van der Waals surface area contributed by atoms with Gasteiger partial charge in [-0.05, 0) is 68.7 Å². The van der Waals surface area contributed by atoms with Crippen molar-refractivity contribution in [1.29, 1.82) is 0 Å². The lowest BCUT2D eigenvalue weighted by Gasteiger charge is -2.32. The molecule has 2 N–H and O–H groups in total. The van der Waals surface area contributed by atoms with Gasteiger partial charge in [-0.25, -0.2) is 0 Å². The van der Waals surface area contributed by atoms with Gasteiger partial charge < -0.3 is 25.0 Å². The summed E-state index contributed by atoms with van der Waals surface area (Å²) in [5.74, 6) is 1.41. The number of amides is 1. The molecular formula is C27H32BrN3O4. The van der Waals surface area contributed by atoms with E-state index in [1.165, 1.54) is 0 Å². The minimum atomic E-state index is -0.111. The number of carbonyl (C=O) groups is 2. The van der Waals surface area contributed by atoms with Crippen LogP contribution in [0.4, 0.5) is 0 Å². The van der Waals surface area contributed by atoms with Crippen molar-refractivity contribution >= 4 is 27.6 Å². The van der Waals surface area contributed by atoms with Crippen molar-refractivity contribution in [2.75, 3.05) is 39.3 Å². The van der Waals surface area contributed by atoms with Crippen LogP contribution < -0.4 is 20.1 Å². The summed E-state index contributed by atoms with van der Waals surface area (Å²) in [6, 6.07) is 13.1. The van der Waals surface area contributed by atoms with Crippen LogP contribution >= 0.6 is 15.9 Å². The fraction of sp³-hybridized carbons (Fsp3) is 0.407. The lowest BCUT2D eigenvalue weighted by Crippen LogP contribution is -2.46. The average Bonchev–Trinajstić information content (AvgIpc) is 3.20. The second-order valence-electron chi connectivity index (χ2n) is 9.08. The molecule has 0 bridgehead atoms. The first kappa shape index (κ1) is 25.4. The number of allylic oxidation sites excluding steroid dienone is 2. The van der Waals surface area contributed by atoms with E-state index in [9.17, 15) is 9.59 Å². The lowest BCUT2D eigenvalue weighted by molar-refractivity contribution is 0.0910. The molecule has 0 radical (unpaired) electrons. The number of nitrogens with one attached hydrogen (secondary N) is 2. The summed E-state index contributed by atoms with van der Waals surface area (Å²) in [7, 11) is 0. The van der Waals surface area contributed by atoms with Gasteiger partial charge in [-0.15, -0.1) is 0 Å². The van der Waals surface area contributed by atoms with E-state index >= 15 is 0 Å². The van der Waals surface area contributed by atoms with Crippen molar-refractivity contribution in [2.45, 2.75) is 32.7 Å². The maximum absolute atomic E-state index is 12.6. The highest BCUT2D eigenvalue weighted by molar-refractivity contribution is 9.10. The van der Waals surface area contributed by atoms with Gasteiger partial charge in [0.2, 0.25) is 5.78 Å². The van der Waals surface area contributed by atoms with Crippen LogP contribution in [0.5, 0.6) is 11.5 Å². The minimum absolute atomic E-state index is 0.00740. The Morgan fingerprint density at radius 2 is 1.86 bits per heavy atom. The lowest BCUT2D eigenvalue weighted by atomic mass is 10.0. The Morgan fingerprint density at radius 1 is 1.11 bits per heavy atom. The van der Waals surface area contributed by atoms with Crippen LogP contribution in [-0.2, 0) is 0 Å². The van der Waals surface area contributed by atoms with Crippen LogP contribution in [0.25, 0.3) is 0 Å². The topological polar surface area (TPSA) is 79.9 Å². The number of ether oxygens (including phenoxy) is 2. The second-order valence-corrected chi connectivity index (χ2v) is 10.0. The highest BCUT2D eigenvalue weighted by Gasteiger charge is 2.31. The number of hydrogen-bond donors (Lipinski definition) is 2. The Balaban J connectivity index is 1.12. The van der Waals surface area contributed by atoms with Gasteiger partial charge in [-0.1, -0.05) is 22.0 Å². The minimum Gasteiger partial charge on any atom is -0.491 e. The molecule has 2 aliphatic rings. The van der Waals surface area contributed by atoms with Gasteiger partial charge in [0.15, 0.2) is 5.76 Å². The van der Waals surface area contributed by atoms with Gasteiger partial charge in [-0.3, -0.25) is 9.59 Å². The van der Waals surface area contributed by atoms with Crippen molar-refractivity contribution in [1.82, 2.24) is 15.5 Å². The van der Waals surface area contributed by atoms with Gasteiger partial charge in [-0.2, -0.15) is 0 Å². The van der Waals surface area contributed by atoms with Crippen LogP contribution in [-0.4, -0.2) is 62.0 Å². The Morgan fingerprint density at radius 3 is 2.57 bits per heavy atom. The van der Waals surface area contributed by atoms with Crippen molar-refractivity contribution in [2.24, 2.45) is 0 Å². The van der Waals surface area contributed by atoms with E-state index in [0.29, 0.717) is 41.5 Å². The third kappa shape index (κ3) is 6.51. The predicted molar refractivity (Wildman–Crippen MR) is 139 cm³/mol. The molecule has 186 valence electrons. The Labute approximate surface area is 215 Å². The monoisotopic (exact) mass is 541 g/mol. The number of halogens is 1. The molecule has 0 saturated carbocycles. The summed E-state index contributed by atoms with van der Waals surface area (Å²) in [5.41, 5.74) is 2.06. The molecule has 0 unspecified atom stereocenters. The summed E-state index contributed by atoms with van der Waals surface area (Å²) < 4.78 is 12.6. The van der Waals surface area contributed by atoms with Gasteiger partial charge in [0.05, 0.1) is 0 Å². The number of ketones is 1. The van der Waals surface area contributed by atoms with Crippen LogP contribution in [0.2, 0.25) is 0 Å². The van der Waals surface area contributed by atoms with Gasteiger partial charge in [0.25, 0.3) is 5.91 Å². The normalized spacial score (nSPS) is 16.1. The van der Waals surface area contributed by atoms with Crippen molar-refractivity contribution in [3.05, 3.63) is 69.4 Å². The van der Waals surface area contributed by atoms with Crippen molar-refractivity contribution < 1.29 is 19.1 Å². The number of fused-ring (bicyclic) bond motifs is 1. The number of nitrogens with zero attached hydrogens (tertiary/aromatic N) is 1. The number of rotatable bonds is 9. The molecule has 8 heteroatoms. The molecule has 4 rings (SSSR count). The fourth-order valence-electron chi connectivity index (χ4n) is 4.31. The summed E-state index contributed by atoms with van der Waals surface area (Å²) in [6.07, 6.45) is 1.91. The molecule has 2 aromatic carbocycles. The standard InChI is InChI=1S/C27H32BrN3O4/c1-18(2)26-25(32)24-22(4-3-5-23(24)35-26)34-17-13-29-12-16-31-14-10-21(11-15-31)30-27(33)19-6-8-20(28)9-7-19/h3-9,21,29H,10-17H2,1-2H3,(H,30,33). The predicted octanol–water partition coefficient (Wildman–Crippen LogP) is 4.18. The van der Waals surface area contributed by atoms with Crippen molar-refractivity contribution in [3.63, 3.8) is 0 Å². The molecule has 35 heavy (non-hydrogen) atoms. The molecule has 2 heterocycles. The van der Waals surface area contributed by atoms with E-state index in [-0.39, 0.29) is 17.7 Å². The van der Waals surface area contributed by atoms with Gasteiger partial charge in [0, 0.05) is 48.8 Å². The number of piperidine rings is 1. The molecule has 1 fully saturated rings. The maximum Gasteiger partial charge on any atom is 0.251 e. The molecule has 1 saturated heterocycles. The van der Waals surface area contributed by atoms with E-state index in [2.05, 4.69) is 31.5 Å². The maximum atomic E-state index is 12.6. The third-order valence-corrected chi connectivity index (χ3v) is 6.79. The number of carbonyl (C=O) groups excluding carboxylic acids is 2. The largest absolute Gasteiger partial charge is 0.491 e. The number of Topliss-reactive ketones (excluding diaryl/α,β-unsaturated/α-hetero) is 1. The number of benzene rings is 2. The number of likely N-dealkylation sites (tertiary alicyclic amines) is 1. The highest BCUT2D eigenvalue weighted by Crippen LogP contribution is 2.38.